The molecule has 7 nitrogen and oxygen atoms in total. The van der Waals surface area contributed by atoms with Crippen LogP contribution in [-0.4, -0.2) is 43.8 Å². The molecular weight excluding hydrogens is 262 g/mol. The van der Waals surface area contributed by atoms with Gasteiger partial charge in [0.2, 0.25) is 0 Å². The predicted octanol–water partition coefficient (Wildman–Crippen LogP) is 0.391. The quantitative estimate of drug-likeness (QED) is 0.287. The van der Waals surface area contributed by atoms with E-state index in [1.54, 1.807) is 0 Å². The summed E-state index contributed by atoms with van der Waals surface area (Å²) in [4.78, 5) is 21.8. The van der Waals surface area contributed by atoms with Crippen molar-refractivity contribution in [2.24, 2.45) is 0 Å². The average molecular weight is 283 g/mol. The van der Waals surface area contributed by atoms with Gasteiger partial charge in [0, 0.05) is 32.8 Å². The first-order chi connectivity index (χ1) is 9.61. The Labute approximate surface area is 118 Å². The fourth-order valence-electron chi connectivity index (χ4n) is 1.36. The van der Waals surface area contributed by atoms with Crippen molar-refractivity contribution < 1.29 is 19.4 Å². The van der Waals surface area contributed by atoms with E-state index in [4.69, 9.17) is 15.1 Å². The highest BCUT2D eigenvalue weighted by atomic mass is 16.5. The molecule has 0 unspecified atom stereocenters. The van der Waals surface area contributed by atoms with Gasteiger partial charge in [-0.05, 0) is 12.8 Å². The van der Waals surface area contributed by atoms with Crippen LogP contribution in [0.4, 0.5) is 0 Å². The summed E-state index contributed by atoms with van der Waals surface area (Å²) in [5.41, 5.74) is 0.00615. The summed E-state index contributed by atoms with van der Waals surface area (Å²) in [7, 11) is 1.53. The average Bonchev–Trinajstić information content (AvgIpc) is 2.41. The van der Waals surface area contributed by atoms with Gasteiger partial charge in [-0.2, -0.15) is 5.26 Å². The summed E-state index contributed by atoms with van der Waals surface area (Å²) in [5, 5.41) is 22.7. The minimum atomic E-state index is -0.794. The maximum atomic E-state index is 11.5. The van der Waals surface area contributed by atoms with Gasteiger partial charge in [0.05, 0.1) is 6.61 Å². The highest BCUT2D eigenvalue weighted by Crippen LogP contribution is 1.98. The SMILES string of the molecule is COCCNC(=O)/C(C#N)=C\NCCCCCC(=O)O. The predicted molar refractivity (Wildman–Crippen MR) is 72.7 cm³/mol. The number of ether oxygens (including phenoxy) is 1. The monoisotopic (exact) mass is 283 g/mol. The van der Waals surface area contributed by atoms with Gasteiger partial charge in [-0.3, -0.25) is 9.59 Å². The van der Waals surface area contributed by atoms with E-state index in [-0.39, 0.29) is 12.0 Å². The van der Waals surface area contributed by atoms with Crippen LogP contribution < -0.4 is 10.6 Å². The number of methoxy groups -OCH3 is 1. The van der Waals surface area contributed by atoms with Crippen LogP contribution >= 0.6 is 0 Å². The van der Waals surface area contributed by atoms with Crippen LogP contribution in [0.5, 0.6) is 0 Å². The van der Waals surface area contributed by atoms with Crippen LogP contribution in [0, 0.1) is 11.3 Å². The van der Waals surface area contributed by atoms with Gasteiger partial charge in [-0.25, -0.2) is 0 Å². The maximum absolute atomic E-state index is 11.5. The number of unbranched alkanes of at least 4 members (excludes halogenated alkanes) is 2. The number of nitrogens with zero attached hydrogens (tertiary/aromatic N) is 1. The smallest absolute Gasteiger partial charge is 0.303 e. The number of rotatable bonds is 11. The molecule has 0 aromatic carbocycles. The molecule has 0 atom stereocenters. The van der Waals surface area contributed by atoms with Crippen molar-refractivity contribution in [1.82, 2.24) is 10.6 Å². The molecule has 0 aliphatic carbocycles. The third kappa shape index (κ3) is 9.91. The molecule has 0 rings (SSSR count). The zero-order valence-electron chi connectivity index (χ0n) is 11.6. The first-order valence-corrected chi connectivity index (χ1v) is 6.44. The van der Waals surface area contributed by atoms with Gasteiger partial charge in [0.1, 0.15) is 11.6 Å². The van der Waals surface area contributed by atoms with E-state index in [0.29, 0.717) is 26.1 Å². The number of carboxylic acids is 1. The lowest BCUT2D eigenvalue weighted by Gasteiger charge is -2.04. The van der Waals surface area contributed by atoms with E-state index in [9.17, 15) is 9.59 Å². The summed E-state index contributed by atoms with van der Waals surface area (Å²) >= 11 is 0. The number of nitrogens with one attached hydrogen (secondary N) is 2. The van der Waals surface area contributed by atoms with E-state index in [2.05, 4.69) is 10.6 Å². The van der Waals surface area contributed by atoms with Gasteiger partial charge in [0.25, 0.3) is 5.91 Å². The Kier molecular flexibility index (Phi) is 10.7. The molecule has 3 N–H and O–H groups in total. The van der Waals surface area contributed by atoms with Gasteiger partial charge in [0.15, 0.2) is 0 Å². The summed E-state index contributed by atoms with van der Waals surface area (Å²) in [5.74, 6) is -1.24. The Balaban J connectivity index is 3.81. The second-order valence-electron chi connectivity index (χ2n) is 4.08. The number of nitriles is 1. The molecule has 0 heterocycles. The number of carbonyl (C=O) groups is 2. The zero-order valence-corrected chi connectivity index (χ0v) is 11.6. The molecule has 0 spiro atoms. The number of amides is 1. The Hall–Kier alpha value is -2.07. The molecule has 0 aromatic rings. The van der Waals surface area contributed by atoms with Crippen LogP contribution in [0.25, 0.3) is 0 Å². The van der Waals surface area contributed by atoms with E-state index < -0.39 is 11.9 Å². The van der Waals surface area contributed by atoms with Crippen molar-refractivity contribution in [3.8, 4) is 6.07 Å². The van der Waals surface area contributed by atoms with Crippen molar-refractivity contribution in [2.75, 3.05) is 26.8 Å². The minimum absolute atomic E-state index is 0.00615. The molecule has 20 heavy (non-hydrogen) atoms. The topological polar surface area (TPSA) is 111 Å². The lowest BCUT2D eigenvalue weighted by Crippen LogP contribution is -2.28. The second-order valence-corrected chi connectivity index (χ2v) is 4.08. The molecular formula is C13H21N3O4. The number of carbonyl (C=O) groups excluding carboxylic acids is 1. The largest absolute Gasteiger partial charge is 0.481 e. The molecule has 0 aliphatic rings. The van der Waals surface area contributed by atoms with Crippen molar-refractivity contribution >= 4 is 11.9 Å². The maximum Gasteiger partial charge on any atom is 0.303 e. The Morgan fingerprint density at radius 1 is 1.30 bits per heavy atom. The number of hydrogen-bond acceptors (Lipinski definition) is 5. The molecule has 0 aromatic heterocycles. The van der Waals surface area contributed by atoms with E-state index in [1.165, 1.54) is 13.3 Å². The van der Waals surface area contributed by atoms with Crippen LogP contribution in [0.3, 0.4) is 0 Å². The molecule has 0 bridgehead atoms. The Morgan fingerprint density at radius 3 is 2.65 bits per heavy atom. The fourth-order valence-corrected chi connectivity index (χ4v) is 1.36. The lowest BCUT2D eigenvalue weighted by atomic mass is 10.2. The summed E-state index contributed by atoms with van der Waals surface area (Å²) in [6.07, 6.45) is 3.74. The summed E-state index contributed by atoms with van der Waals surface area (Å²) < 4.78 is 4.78. The lowest BCUT2D eigenvalue weighted by molar-refractivity contribution is -0.137. The van der Waals surface area contributed by atoms with Crippen LogP contribution in [0.2, 0.25) is 0 Å². The first kappa shape index (κ1) is 17.9. The Bertz CT molecular complexity index is 374. The Morgan fingerprint density at radius 2 is 2.05 bits per heavy atom. The van der Waals surface area contributed by atoms with Gasteiger partial charge < -0.3 is 20.5 Å². The normalized spacial score (nSPS) is 10.7. The number of hydrogen-bond donors (Lipinski definition) is 3. The van der Waals surface area contributed by atoms with Gasteiger partial charge in [-0.15, -0.1) is 0 Å². The number of carboxylic acid groups (broad SMARTS) is 1. The van der Waals surface area contributed by atoms with Crippen LogP contribution in [-0.2, 0) is 14.3 Å². The standard InChI is InChI=1S/C13H21N3O4/c1-20-8-7-16-13(19)11(9-14)10-15-6-4-2-3-5-12(17)18/h10,15H,2-8H2,1H3,(H,16,19)(H,17,18)/b11-10-. The molecule has 0 saturated heterocycles. The molecule has 1 amide bonds. The summed E-state index contributed by atoms with van der Waals surface area (Å²) in [6.45, 7) is 1.33. The zero-order chi connectivity index (χ0) is 15.2. The molecule has 0 saturated carbocycles. The molecule has 0 radical (unpaired) electrons. The summed E-state index contributed by atoms with van der Waals surface area (Å²) in [6, 6.07) is 1.81. The molecule has 112 valence electrons. The number of aliphatic carboxylic acids is 1. The van der Waals surface area contributed by atoms with E-state index in [0.717, 1.165) is 12.8 Å². The van der Waals surface area contributed by atoms with Crippen molar-refractivity contribution in [1.29, 1.82) is 5.26 Å². The van der Waals surface area contributed by atoms with Gasteiger partial charge >= 0.3 is 5.97 Å². The fraction of sp³-hybridized carbons (Fsp3) is 0.615. The van der Waals surface area contributed by atoms with Crippen molar-refractivity contribution in [2.45, 2.75) is 25.7 Å². The van der Waals surface area contributed by atoms with Crippen LogP contribution in [0.1, 0.15) is 25.7 Å². The van der Waals surface area contributed by atoms with Gasteiger partial charge in [-0.1, -0.05) is 6.42 Å². The third-order valence-corrected chi connectivity index (χ3v) is 2.41. The third-order valence-electron chi connectivity index (χ3n) is 2.41. The first-order valence-electron chi connectivity index (χ1n) is 6.44. The van der Waals surface area contributed by atoms with E-state index >= 15 is 0 Å². The highest BCUT2D eigenvalue weighted by Gasteiger charge is 2.07. The van der Waals surface area contributed by atoms with Crippen LogP contribution in [0.15, 0.2) is 11.8 Å². The second kappa shape index (κ2) is 12.0. The molecule has 7 heteroatoms. The molecule has 0 fully saturated rings. The van der Waals surface area contributed by atoms with Crippen molar-refractivity contribution in [3.05, 3.63) is 11.8 Å². The highest BCUT2D eigenvalue weighted by molar-refractivity contribution is 5.97. The minimum Gasteiger partial charge on any atom is -0.481 e. The van der Waals surface area contributed by atoms with E-state index in [1.807, 2.05) is 6.07 Å². The van der Waals surface area contributed by atoms with Crippen molar-refractivity contribution in [3.63, 3.8) is 0 Å². The molecule has 0 aliphatic heterocycles.